The van der Waals surface area contributed by atoms with Crippen LogP contribution in [-0.4, -0.2) is 47.9 Å². The van der Waals surface area contributed by atoms with Crippen LogP contribution in [0.4, 0.5) is 9.18 Å². The van der Waals surface area contributed by atoms with Crippen LogP contribution in [0.3, 0.4) is 0 Å². The Morgan fingerprint density at radius 3 is 2.33 bits per heavy atom. The van der Waals surface area contributed by atoms with E-state index in [1.54, 1.807) is 11.0 Å². The fraction of sp³-hybridized carbons (Fsp3) is 0.310. The number of ether oxygens (including phenoxy) is 2. The number of carbonyl (C=O) groups excluding carboxylic acids is 1. The van der Waals surface area contributed by atoms with Gasteiger partial charge in [-0.15, -0.1) is 0 Å². The topological polar surface area (TPSA) is 76.1 Å². The first-order valence-corrected chi connectivity index (χ1v) is 12.2. The van der Waals surface area contributed by atoms with Crippen molar-refractivity contribution in [2.75, 3.05) is 19.8 Å². The maximum absolute atomic E-state index is 14.5. The summed E-state index contributed by atoms with van der Waals surface area (Å²) in [6, 6.07) is 24.5. The lowest BCUT2D eigenvalue weighted by molar-refractivity contribution is -0.137. The zero-order valence-corrected chi connectivity index (χ0v) is 20.0. The first-order chi connectivity index (χ1) is 17.5. The van der Waals surface area contributed by atoms with Crippen molar-refractivity contribution in [2.24, 2.45) is 0 Å². The molecule has 1 atom stereocenters. The summed E-state index contributed by atoms with van der Waals surface area (Å²) in [6.45, 7) is 0.975. The van der Waals surface area contributed by atoms with Gasteiger partial charge in [-0.1, -0.05) is 60.7 Å². The van der Waals surface area contributed by atoms with Gasteiger partial charge in [0.25, 0.3) is 0 Å². The van der Waals surface area contributed by atoms with E-state index in [4.69, 9.17) is 14.6 Å². The average molecular weight is 492 g/mol. The number of rotatable bonds is 12. The van der Waals surface area contributed by atoms with Crippen LogP contribution in [-0.2, 0) is 16.0 Å². The largest absolute Gasteiger partial charge is 0.494 e. The van der Waals surface area contributed by atoms with Gasteiger partial charge >= 0.3 is 12.1 Å². The summed E-state index contributed by atoms with van der Waals surface area (Å²) in [5.74, 6) is -0.750. The summed E-state index contributed by atoms with van der Waals surface area (Å²) in [6.07, 6.45) is 1.03. The maximum atomic E-state index is 14.5. The fourth-order valence-electron chi connectivity index (χ4n) is 4.64. The van der Waals surface area contributed by atoms with E-state index in [1.807, 2.05) is 36.4 Å². The van der Waals surface area contributed by atoms with Crippen molar-refractivity contribution in [3.63, 3.8) is 0 Å². The number of aliphatic carboxylic acids is 1. The number of cyclic esters (lactones) is 1. The number of hydrogen-bond donors (Lipinski definition) is 1. The van der Waals surface area contributed by atoms with E-state index in [0.29, 0.717) is 43.7 Å². The van der Waals surface area contributed by atoms with Crippen molar-refractivity contribution >= 4 is 12.1 Å². The number of benzene rings is 3. The molecule has 1 aliphatic rings. The van der Waals surface area contributed by atoms with Gasteiger partial charge in [-0.25, -0.2) is 9.18 Å². The number of nitrogens with zero attached hydrogens (tertiary/aromatic N) is 1. The molecule has 7 heteroatoms. The Hall–Kier alpha value is -3.87. The summed E-state index contributed by atoms with van der Waals surface area (Å²) in [7, 11) is 0. The van der Waals surface area contributed by atoms with Gasteiger partial charge in [-0.3, -0.25) is 4.79 Å². The molecular weight excluding hydrogens is 461 g/mol. The van der Waals surface area contributed by atoms with Crippen LogP contribution in [0.15, 0.2) is 78.9 Å². The third-order valence-electron chi connectivity index (χ3n) is 6.38. The van der Waals surface area contributed by atoms with E-state index in [9.17, 15) is 14.0 Å². The highest BCUT2D eigenvalue weighted by atomic mass is 19.1. The molecule has 188 valence electrons. The summed E-state index contributed by atoms with van der Waals surface area (Å²) < 4.78 is 25.5. The van der Waals surface area contributed by atoms with Crippen molar-refractivity contribution in [3.8, 4) is 5.75 Å². The fourth-order valence-corrected chi connectivity index (χ4v) is 4.64. The van der Waals surface area contributed by atoms with Crippen LogP contribution in [0.5, 0.6) is 5.75 Å². The van der Waals surface area contributed by atoms with Crippen molar-refractivity contribution in [2.45, 2.75) is 37.6 Å². The van der Waals surface area contributed by atoms with Gasteiger partial charge in [0, 0.05) is 18.9 Å². The molecule has 3 aromatic carbocycles. The third-order valence-corrected chi connectivity index (χ3v) is 6.38. The molecule has 4 rings (SSSR count). The molecule has 1 aliphatic heterocycles. The van der Waals surface area contributed by atoms with Crippen molar-refractivity contribution < 1.29 is 28.6 Å². The van der Waals surface area contributed by atoms with Crippen LogP contribution >= 0.6 is 0 Å². The molecule has 1 N–H and O–H groups in total. The lowest BCUT2D eigenvalue weighted by Gasteiger charge is -2.30. The predicted molar refractivity (Wildman–Crippen MR) is 134 cm³/mol. The monoisotopic (exact) mass is 491 g/mol. The highest BCUT2D eigenvalue weighted by Crippen LogP contribution is 2.34. The standard InChI is InChI=1S/C29H30FNO5/c30-25-16-15-24(35-18-8-14-27(32)33)19-23(25)13-7-17-31-26(20-36-29(31)34)28(21-9-3-1-4-10-21)22-11-5-2-6-12-22/h1-6,9-12,15-16,19,26,28H,7-8,13-14,17-18,20H2,(H,32,33)/t26-/m1/s1. The van der Waals surface area contributed by atoms with E-state index in [-0.39, 0.29) is 36.9 Å². The number of carboxylic acids is 1. The second-order valence-corrected chi connectivity index (χ2v) is 8.84. The Bertz CT molecular complexity index is 1120. The van der Waals surface area contributed by atoms with Crippen LogP contribution < -0.4 is 4.74 Å². The van der Waals surface area contributed by atoms with Crippen LogP contribution in [0.25, 0.3) is 0 Å². The van der Waals surface area contributed by atoms with Gasteiger partial charge < -0.3 is 19.5 Å². The number of carboxylic acid groups (broad SMARTS) is 1. The number of hydrogen-bond acceptors (Lipinski definition) is 4. The molecule has 0 radical (unpaired) electrons. The van der Waals surface area contributed by atoms with E-state index in [0.717, 1.165) is 11.1 Å². The van der Waals surface area contributed by atoms with Crippen molar-refractivity contribution in [1.82, 2.24) is 4.90 Å². The summed E-state index contributed by atoms with van der Waals surface area (Å²) in [4.78, 5) is 25.1. The molecule has 0 bridgehead atoms. The SMILES string of the molecule is O=C(O)CCCOc1ccc(F)c(CCCN2C(=O)OC[C@@H]2C(c2ccccc2)c2ccccc2)c1. The first-order valence-electron chi connectivity index (χ1n) is 12.2. The quantitative estimate of drug-likeness (QED) is 0.331. The highest BCUT2D eigenvalue weighted by molar-refractivity contribution is 5.70. The minimum Gasteiger partial charge on any atom is -0.494 e. The number of carbonyl (C=O) groups is 2. The smallest absolute Gasteiger partial charge is 0.410 e. The Balaban J connectivity index is 1.43. The van der Waals surface area contributed by atoms with Crippen LogP contribution in [0, 0.1) is 5.82 Å². The maximum Gasteiger partial charge on any atom is 0.410 e. The zero-order chi connectivity index (χ0) is 25.3. The number of amides is 1. The lowest BCUT2D eigenvalue weighted by atomic mass is 9.85. The Morgan fingerprint density at radius 1 is 1.03 bits per heavy atom. The predicted octanol–water partition coefficient (Wildman–Crippen LogP) is 5.65. The zero-order valence-electron chi connectivity index (χ0n) is 20.0. The number of aryl methyl sites for hydroxylation is 1. The van der Waals surface area contributed by atoms with Crippen molar-refractivity contribution in [3.05, 3.63) is 101 Å². The normalized spacial score (nSPS) is 15.2. The molecule has 0 aromatic heterocycles. The second kappa shape index (κ2) is 12.2. The molecule has 1 fully saturated rings. The second-order valence-electron chi connectivity index (χ2n) is 8.84. The van der Waals surface area contributed by atoms with E-state index < -0.39 is 5.97 Å². The molecule has 36 heavy (non-hydrogen) atoms. The highest BCUT2D eigenvalue weighted by Gasteiger charge is 2.39. The van der Waals surface area contributed by atoms with Crippen LogP contribution in [0.1, 0.15) is 41.9 Å². The van der Waals surface area contributed by atoms with Gasteiger partial charge in [-0.2, -0.15) is 0 Å². The Kier molecular flexibility index (Phi) is 8.55. The van der Waals surface area contributed by atoms with E-state index >= 15 is 0 Å². The van der Waals surface area contributed by atoms with Gasteiger partial charge in [-0.05, 0) is 54.2 Å². The summed E-state index contributed by atoms with van der Waals surface area (Å²) >= 11 is 0. The Labute approximate surface area is 210 Å². The molecule has 0 unspecified atom stereocenters. The average Bonchev–Trinajstić information content (AvgIpc) is 3.24. The van der Waals surface area contributed by atoms with Gasteiger partial charge in [0.15, 0.2) is 0 Å². The van der Waals surface area contributed by atoms with Gasteiger partial charge in [0.05, 0.1) is 12.6 Å². The molecule has 0 spiro atoms. The summed E-state index contributed by atoms with van der Waals surface area (Å²) in [5, 5.41) is 8.74. The van der Waals surface area contributed by atoms with E-state index in [2.05, 4.69) is 24.3 Å². The van der Waals surface area contributed by atoms with Crippen LogP contribution in [0.2, 0.25) is 0 Å². The third kappa shape index (κ3) is 6.42. The molecule has 3 aromatic rings. The van der Waals surface area contributed by atoms with Crippen molar-refractivity contribution in [1.29, 1.82) is 0 Å². The molecular formula is C29H30FNO5. The van der Waals surface area contributed by atoms with Gasteiger partial charge in [0.2, 0.25) is 0 Å². The van der Waals surface area contributed by atoms with E-state index in [1.165, 1.54) is 12.1 Å². The minimum absolute atomic E-state index is 0.0219. The number of halogens is 1. The summed E-state index contributed by atoms with van der Waals surface area (Å²) in [5.41, 5.74) is 2.71. The first kappa shape index (κ1) is 25.2. The van der Waals surface area contributed by atoms with Gasteiger partial charge in [0.1, 0.15) is 18.2 Å². The molecule has 6 nitrogen and oxygen atoms in total. The molecule has 1 amide bonds. The molecule has 1 saturated heterocycles. The minimum atomic E-state index is -0.876. The molecule has 0 aliphatic carbocycles. The molecule has 0 saturated carbocycles. The lowest BCUT2D eigenvalue weighted by Crippen LogP contribution is -2.39. The Morgan fingerprint density at radius 2 is 1.69 bits per heavy atom. The molecule has 1 heterocycles.